The minimum absolute atomic E-state index is 0.113. The van der Waals surface area contributed by atoms with E-state index in [-0.39, 0.29) is 5.91 Å². The van der Waals surface area contributed by atoms with Crippen LogP contribution in [0.4, 0.5) is 0 Å². The summed E-state index contributed by atoms with van der Waals surface area (Å²) in [5.74, 6) is 1.67. The summed E-state index contributed by atoms with van der Waals surface area (Å²) in [6, 6.07) is 13.2. The fourth-order valence-electron chi connectivity index (χ4n) is 2.67. The Morgan fingerprint density at radius 3 is 2.67 bits per heavy atom. The highest BCUT2D eigenvalue weighted by atomic mass is 16.5. The number of aromatic nitrogens is 1. The molecule has 3 aromatic rings. The number of carbonyl (C=O) groups excluding carboxylic acids is 1. The molecule has 0 saturated heterocycles. The van der Waals surface area contributed by atoms with Crippen molar-refractivity contribution in [2.45, 2.75) is 6.42 Å². The topological polar surface area (TPSA) is 64.8 Å². The van der Waals surface area contributed by atoms with Gasteiger partial charge in [0.1, 0.15) is 5.52 Å². The number of rotatable bonds is 7. The molecule has 2 aromatic carbocycles. The second-order valence-electron chi connectivity index (χ2n) is 6.05. The molecule has 0 N–H and O–H groups in total. The molecule has 27 heavy (non-hydrogen) atoms. The third-order valence-corrected chi connectivity index (χ3v) is 4.24. The van der Waals surface area contributed by atoms with Crippen molar-refractivity contribution >= 4 is 23.1 Å². The van der Waals surface area contributed by atoms with Gasteiger partial charge in [0.25, 0.3) is 0 Å². The van der Waals surface area contributed by atoms with E-state index in [1.807, 2.05) is 42.5 Å². The fourth-order valence-corrected chi connectivity index (χ4v) is 2.67. The second-order valence-corrected chi connectivity index (χ2v) is 6.05. The summed E-state index contributed by atoms with van der Waals surface area (Å²) < 4.78 is 16.1. The van der Waals surface area contributed by atoms with Gasteiger partial charge < -0.3 is 18.8 Å². The Kier molecular flexibility index (Phi) is 5.76. The lowest BCUT2D eigenvalue weighted by molar-refractivity contribution is -0.124. The van der Waals surface area contributed by atoms with Crippen molar-refractivity contribution in [1.82, 2.24) is 9.88 Å². The van der Waals surface area contributed by atoms with Crippen LogP contribution in [-0.2, 0) is 11.2 Å². The molecular formula is C21H22N2O4. The van der Waals surface area contributed by atoms with Gasteiger partial charge in [-0.15, -0.1) is 0 Å². The van der Waals surface area contributed by atoms with Gasteiger partial charge in [0, 0.05) is 25.7 Å². The Balaban J connectivity index is 1.59. The minimum Gasteiger partial charge on any atom is -0.493 e. The number of carbonyl (C=O) groups is 1. The quantitative estimate of drug-likeness (QED) is 0.598. The zero-order chi connectivity index (χ0) is 19.2. The summed E-state index contributed by atoms with van der Waals surface area (Å²) in [5, 5.41) is 0. The number of likely N-dealkylation sites (N-methyl/N-ethyl adjacent to an activating group) is 1. The summed E-state index contributed by atoms with van der Waals surface area (Å²) in [6.07, 6.45) is 3.77. The monoisotopic (exact) mass is 366 g/mol. The fraction of sp³-hybridized carbons (Fsp3) is 0.238. The number of para-hydroxylation sites is 2. The lowest BCUT2D eigenvalue weighted by Crippen LogP contribution is -2.27. The van der Waals surface area contributed by atoms with Crippen LogP contribution >= 0.6 is 0 Å². The number of oxazole rings is 1. The molecule has 0 radical (unpaired) electrons. The maximum Gasteiger partial charge on any atom is 0.246 e. The summed E-state index contributed by atoms with van der Waals surface area (Å²) in [6.45, 7) is 0.576. The largest absolute Gasteiger partial charge is 0.493 e. The van der Waals surface area contributed by atoms with Gasteiger partial charge in [-0.25, -0.2) is 4.98 Å². The zero-order valence-electron chi connectivity index (χ0n) is 15.6. The summed E-state index contributed by atoms with van der Waals surface area (Å²) in [5.41, 5.74) is 2.54. The molecule has 6 nitrogen and oxygen atoms in total. The van der Waals surface area contributed by atoms with Crippen LogP contribution in [0.2, 0.25) is 0 Å². The molecule has 0 unspecified atom stereocenters. The van der Waals surface area contributed by atoms with Crippen molar-refractivity contribution in [3.8, 4) is 11.5 Å². The smallest absolute Gasteiger partial charge is 0.246 e. The van der Waals surface area contributed by atoms with Gasteiger partial charge in [-0.05, 0) is 36.2 Å². The molecule has 0 aliphatic carbocycles. The average molecular weight is 366 g/mol. The SMILES string of the molecule is COc1ccc(CCN(C)C(=O)/C=C/c2nc3ccccc3o2)cc1OC. The van der Waals surface area contributed by atoms with Gasteiger partial charge >= 0.3 is 0 Å². The van der Waals surface area contributed by atoms with Crippen LogP contribution in [0.5, 0.6) is 11.5 Å². The molecule has 0 atom stereocenters. The standard InChI is InChI=1S/C21H22N2O4/c1-23(13-12-15-8-9-18(25-2)19(14-15)26-3)21(24)11-10-20-22-16-6-4-5-7-17(16)27-20/h4-11,14H,12-13H2,1-3H3/b11-10+. The molecular weight excluding hydrogens is 344 g/mol. The van der Waals surface area contributed by atoms with Crippen LogP contribution < -0.4 is 9.47 Å². The molecule has 140 valence electrons. The van der Waals surface area contributed by atoms with Crippen LogP contribution in [0.15, 0.2) is 53.0 Å². The number of nitrogens with zero attached hydrogens (tertiary/aromatic N) is 2. The van der Waals surface area contributed by atoms with Gasteiger partial charge in [-0.1, -0.05) is 18.2 Å². The number of amides is 1. The second kappa shape index (κ2) is 8.40. The Bertz CT molecular complexity index is 929. The van der Waals surface area contributed by atoms with E-state index in [1.165, 1.54) is 6.08 Å². The summed E-state index contributed by atoms with van der Waals surface area (Å²) >= 11 is 0. The van der Waals surface area contributed by atoms with Crippen molar-refractivity contribution in [2.75, 3.05) is 27.8 Å². The first kappa shape index (κ1) is 18.5. The molecule has 0 spiro atoms. The Morgan fingerprint density at radius 2 is 1.93 bits per heavy atom. The number of ether oxygens (including phenoxy) is 2. The number of fused-ring (bicyclic) bond motifs is 1. The number of benzene rings is 2. The van der Waals surface area contributed by atoms with E-state index in [2.05, 4.69) is 4.98 Å². The van der Waals surface area contributed by atoms with Gasteiger partial charge in [-0.3, -0.25) is 4.79 Å². The first-order valence-electron chi connectivity index (χ1n) is 8.60. The first-order chi connectivity index (χ1) is 13.1. The van der Waals surface area contributed by atoms with Crippen molar-refractivity contribution in [1.29, 1.82) is 0 Å². The van der Waals surface area contributed by atoms with Gasteiger partial charge in [-0.2, -0.15) is 0 Å². The lowest BCUT2D eigenvalue weighted by Gasteiger charge is -2.15. The molecule has 6 heteroatoms. The molecule has 0 aliphatic heterocycles. The molecule has 0 fully saturated rings. The third kappa shape index (κ3) is 4.47. The molecule has 1 amide bonds. The maximum atomic E-state index is 12.3. The Labute approximate surface area is 158 Å². The van der Waals surface area contributed by atoms with E-state index in [1.54, 1.807) is 32.2 Å². The van der Waals surface area contributed by atoms with Crippen molar-refractivity contribution in [3.05, 3.63) is 60.0 Å². The molecule has 0 aliphatic rings. The van der Waals surface area contributed by atoms with Crippen LogP contribution in [0, 0.1) is 0 Å². The Hall–Kier alpha value is -3.28. The highest BCUT2D eigenvalue weighted by Gasteiger charge is 2.09. The van der Waals surface area contributed by atoms with E-state index in [9.17, 15) is 4.79 Å². The molecule has 0 bridgehead atoms. The number of methoxy groups -OCH3 is 2. The van der Waals surface area contributed by atoms with E-state index in [4.69, 9.17) is 13.9 Å². The van der Waals surface area contributed by atoms with E-state index in [0.717, 1.165) is 11.1 Å². The molecule has 1 heterocycles. The third-order valence-electron chi connectivity index (χ3n) is 4.24. The minimum atomic E-state index is -0.113. The number of hydrogen-bond donors (Lipinski definition) is 0. The van der Waals surface area contributed by atoms with Gasteiger partial charge in [0.2, 0.25) is 11.8 Å². The van der Waals surface area contributed by atoms with Crippen LogP contribution in [0.25, 0.3) is 17.2 Å². The predicted octanol–water partition coefficient (Wildman–Crippen LogP) is 3.56. The van der Waals surface area contributed by atoms with E-state index < -0.39 is 0 Å². The van der Waals surface area contributed by atoms with Crippen LogP contribution in [0.1, 0.15) is 11.5 Å². The predicted molar refractivity (Wildman–Crippen MR) is 104 cm³/mol. The van der Waals surface area contributed by atoms with Crippen molar-refractivity contribution in [2.24, 2.45) is 0 Å². The zero-order valence-corrected chi connectivity index (χ0v) is 15.6. The van der Waals surface area contributed by atoms with Crippen molar-refractivity contribution < 1.29 is 18.7 Å². The van der Waals surface area contributed by atoms with Gasteiger partial charge in [0.05, 0.1) is 14.2 Å². The molecule has 0 saturated carbocycles. The van der Waals surface area contributed by atoms with Gasteiger partial charge in [0.15, 0.2) is 17.1 Å². The van der Waals surface area contributed by atoms with E-state index in [0.29, 0.717) is 35.9 Å². The maximum absolute atomic E-state index is 12.3. The highest BCUT2D eigenvalue weighted by molar-refractivity contribution is 5.91. The Morgan fingerprint density at radius 1 is 1.15 bits per heavy atom. The molecule has 3 rings (SSSR count). The molecule has 1 aromatic heterocycles. The lowest BCUT2D eigenvalue weighted by atomic mass is 10.1. The summed E-state index contributed by atoms with van der Waals surface area (Å²) in [7, 11) is 4.97. The van der Waals surface area contributed by atoms with Crippen LogP contribution in [0.3, 0.4) is 0 Å². The highest BCUT2D eigenvalue weighted by Crippen LogP contribution is 2.27. The number of hydrogen-bond acceptors (Lipinski definition) is 5. The van der Waals surface area contributed by atoms with E-state index >= 15 is 0 Å². The first-order valence-corrected chi connectivity index (χ1v) is 8.60. The summed E-state index contributed by atoms with van der Waals surface area (Å²) in [4.78, 5) is 18.3. The van der Waals surface area contributed by atoms with Crippen molar-refractivity contribution in [3.63, 3.8) is 0 Å². The average Bonchev–Trinajstić information content (AvgIpc) is 3.12. The normalized spacial score (nSPS) is 11.1. The van der Waals surface area contributed by atoms with Crippen LogP contribution in [-0.4, -0.2) is 43.6 Å².